The van der Waals surface area contributed by atoms with Crippen molar-refractivity contribution in [1.82, 2.24) is 0 Å². The quantitative estimate of drug-likeness (QED) is 0.0495. The van der Waals surface area contributed by atoms with Gasteiger partial charge in [0.15, 0.2) is 0 Å². The normalized spacial score (nSPS) is 12.7. The van der Waals surface area contributed by atoms with Crippen LogP contribution in [0, 0.1) is 6.92 Å². The van der Waals surface area contributed by atoms with Crippen molar-refractivity contribution in [1.29, 1.82) is 0 Å². The summed E-state index contributed by atoms with van der Waals surface area (Å²) in [6.07, 6.45) is 17.7. The molecule has 7 aromatic rings. The Morgan fingerprint density at radius 3 is 1.03 bits per heavy atom. The van der Waals surface area contributed by atoms with Gasteiger partial charge in [0.1, 0.15) is 11.2 Å². The molecule has 0 saturated heterocycles. The summed E-state index contributed by atoms with van der Waals surface area (Å²) < 4.78 is 1.80. The summed E-state index contributed by atoms with van der Waals surface area (Å²) in [5.74, 6) is 0. The second kappa shape index (κ2) is 23.8. The first-order chi connectivity index (χ1) is 32.1. The van der Waals surface area contributed by atoms with E-state index in [-0.39, 0.29) is 0 Å². The number of aliphatic hydroxyl groups is 2. The predicted octanol–water partition coefficient (Wildman–Crippen LogP) is 17.9. The highest BCUT2D eigenvalue weighted by Gasteiger charge is 2.39. The monoisotopic (exact) mass is 1020 g/mol. The van der Waals surface area contributed by atoms with Crippen molar-refractivity contribution >= 4 is 43.2 Å². The third-order valence-corrected chi connectivity index (χ3v) is 15.6. The van der Waals surface area contributed by atoms with Crippen LogP contribution in [0.3, 0.4) is 0 Å². The molecule has 0 aliphatic rings. The number of hydrogen-bond donors (Lipinski definition) is 2. The molecule has 0 aliphatic carbocycles. The zero-order valence-corrected chi connectivity index (χ0v) is 43.5. The van der Waals surface area contributed by atoms with Crippen molar-refractivity contribution in [2.75, 3.05) is 0 Å². The summed E-state index contributed by atoms with van der Waals surface area (Å²) >= 11 is 9.31. The molecule has 6 aromatic carbocycles. The molecule has 0 saturated carbocycles. The SMILES string of the molecule is CCCCCCc1ccc(C(O)(c2ccc(C)cc2)c2cc(Br)ccc2-c2ccc(-c3ccc(Br)cc3C(O)(c3ccc(CCCCCC)cc3)c3ccc(CCCCCC)cc3)s2)cc1. The van der Waals surface area contributed by atoms with Gasteiger partial charge in [0, 0.05) is 29.8 Å². The lowest BCUT2D eigenvalue weighted by Crippen LogP contribution is -2.29. The summed E-state index contributed by atoms with van der Waals surface area (Å²) in [5, 5.41) is 27.0. The smallest absolute Gasteiger partial charge is 0.141 e. The highest BCUT2D eigenvalue weighted by molar-refractivity contribution is 9.10. The highest BCUT2D eigenvalue weighted by atomic mass is 79.9. The zero-order chi connectivity index (χ0) is 46.5. The van der Waals surface area contributed by atoms with E-state index in [4.69, 9.17) is 0 Å². The topological polar surface area (TPSA) is 40.5 Å². The largest absolute Gasteiger partial charge is 0.376 e. The predicted molar refractivity (Wildman–Crippen MR) is 289 cm³/mol. The molecule has 0 amide bonds. The number of hydrogen-bond acceptors (Lipinski definition) is 3. The van der Waals surface area contributed by atoms with Crippen molar-refractivity contribution in [3.05, 3.63) is 210 Å². The third kappa shape index (κ3) is 11.8. The van der Waals surface area contributed by atoms with Gasteiger partial charge in [-0.05, 0) is 132 Å². The second-order valence-corrected chi connectivity index (χ2v) is 21.3. The Bertz CT molecular complexity index is 2540. The fraction of sp³-hybridized carbons (Fsp3) is 0.344. The van der Waals surface area contributed by atoms with E-state index in [0.717, 1.165) is 88.0 Å². The van der Waals surface area contributed by atoms with Crippen LogP contribution >= 0.6 is 43.2 Å². The Morgan fingerprint density at radius 2 is 0.712 bits per heavy atom. The standard InChI is InChI=1S/C61H68Br2O2S/c1-5-8-11-14-17-45-22-30-49(31-23-45)60(64,48-28-20-44(4)21-29-48)56-42-52(62)36-38-54(56)58-40-41-59(66-58)55-39-37-53(63)43-57(55)61(65,50-32-24-46(25-33-50)18-15-12-9-6-2)51-34-26-47(27-35-51)19-16-13-10-7-3/h20-43,64-65H,5-19H2,1-4H3. The molecule has 1 aromatic heterocycles. The van der Waals surface area contributed by atoms with E-state index in [2.05, 4.69) is 205 Å². The minimum absolute atomic E-state index is 0.807. The molecule has 5 heteroatoms. The average molecular weight is 1030 g/mol. The Labute approximate surface area is 416 Å². The molecule has 0 bridgehead atoms. The van der Waals surface area contributed by atoms with Gasteiger partial charge in [0.05, 0.1) is 0 Å². The third-order valence-electron chi connectivity index (χ3n) is 13.4. The van der Waals surface area contributed by atoms with Crippen LogP contribution in [0.4, 0.5) is 0 Å². The van der Waals surface area contributed by atoms with Gasteiger partial charge in [-0.3, -0.25) is 0 Å². The van der Waals surface area contributed by atoms with E-state index in [0.29, 0.717) is 0 Å². The molecule has 0 fully saturated rings. The van der Waals surface area contributed by atoms with Gasteiger partial charge in [-0.25, -0.2) is 0 Å². The van der Waals surface area contributed by atoms with Crippen molar-refractivity contribution in [3.8, 4) is 20.9 Å². The van der Waals surface area contributed by atoms with Crippen LogP contribution in [-0.2, 0) is 30.5 Å². The van der Waals surface area contributed by atoms with Crippen LogP contribution < -0.4 is 0 Å². The summed E-state index contributed by atoms with van der Waals surface area (Å²) in [4.78, 5) is 2.06. The number of thiophene rings is 1. The lowest BCUT2D eigenvalue weighted by atomic mass is 9.77. The van der Waals surface area contributed by atoms with E-state index < -0.39 is 11.2 Å². The number of rotatable bonds is 23. The van der Waals surface area contributed by atoms with Crippen LogP contribution in [0.2, 0.25) is 0 Å². The molecular formula is C61H68Br2O2S. The van der Waals surface area contributed by atoms with Crippen molar-refractivity contribution in [2.24, 2.45) is 0 Å². The van der Waals surface area contributed by atoms with Crippen LogP contribution in [-0.4, -0.2) is 10.2 Å². The van der Waals surface area contributed by atoms with Crippen LogP contribution in [0.25, 0.3) is 20.9 Å². The molecule has 7 rings (SSSR count). The first-order valence-electron chi connectivity index (χ1n) is 24.6. The fourth-order valence-electron chi connectivity index (χ4n) is 9.44. The number of benzene rings is 6. The van der Waals surface area contributed by atoms with E-state index in [1.54, 1.807) is 11.3 Å². The zero-order valence-electron chi connectivity index (χ0n) is 39.5. The maximum Gasteiger partial charge on any atom is 0.141 e. The Hall–Kier alpha value is -4.10. The molecule has 1 atom stereocenters. The number of unbranched alkanes of at least 4 members (excludes halogenated alkanes) is 9. The Balaban J connectivity index is 1.32. The molecule has 2 nitrogen and oxygen atoms in total. The van der Waals surface area contributed by atoms with Gasteiger partial charge in [0.25, 0.3) is 0 Å². The van der Waals surface area contributed by atoms with Gasteiger partial charge in [-0.15, -0.1) is 11.3 Å². The molecule has 0 radical (unpaired) electrons. The highest BCUT2D eigenvalue weighted by Crippen LogP contribution is 2.48. The van der Waals surface area contributed by atoms with Crippen molar-refractivity contribution < 1.29 is 10.2 Å². The van der Waals surface area contributed by atoms with E-state index >= 15 is 0 Å². The van der Waals surface area contributed by atoms with Gasteiger partial charge in [-0.2, -0.15) is 0 Å². The van der Waals surface area contributed by atoms with Crippen molar-refractivity contribution in [2.45, 2.75) is 135 Å². The molecule has 1 heterocycles. The second-order valence-electron chi connectivity index (χ2n) is 18.4. The fourth-order valence-corrected chi connectivity index (χ4v) is 11.3. The molecule has 2 N–H and O–H groups in total. The van der Waals surface area contributed by atoms with Crippen LogP contribution in [0.5, 0.6) is 0 Å². The number of aryl methyl sites for hydroxylation is 4. The van der Waals surface area contributed by atoms with Crippen LogP contribution in [0.15, 0.2) is 155 Å². The summed E-state index contributed by atoms with van der Waals surface area (Å²) in [7, 11) is 0. The summed E-state index contributed by atoms with van der Waals surface area (Å²) in [6.45, 7) is 8.84. The van der Waals surface area contributed by atoms with Crippen molar-refractivity contribution in [3.63, 3.8) is 0 Å². The van der Waals surface area contributed by atoms with Gasteiger partial charge < -0.3 is 10.2 Å². The van der Waals surface area contributed by atoms with E-state index in [1.807, 2.05) is 0 Å². The van der Waals surface area contributed by atoms with E-state index in [9.17, 15) is 10.2 Å². The molecule has 66 heavy (non-hydrogen) atoms. The molecule has 0 spiro atoms. The minimum atomic E-state index is -1.44. The lowest BCUT2D eigenvalue weighted by molar-refractivity contribution is 0.126. The molecule has 344 valence electrons. The van der Waals surface area contributed by atoms with Gasteiger partial charge >= 0.3 is 0 Å². The first-order valence-corrected chi connectivity index (χ1v) is 27.0. The van der Waals surface area contributed by atoms with Gasteiger partial charge in [0.2, 0.25) is 0 Å². The first kappa shape index (κ1) is 49.8. The van der Waals surface area contributed by atoms with Gasteiger partial charge in [-0.1, -0.05) is 225 Å². The minimum Gasteiger partial charge on any atom is -0.376 e. The Morgan fingerprint density at radius 1 is 0.394 bits per heavy atom. The summed E-state index contributed by atoms with van der Waals surface area (Å²) in [5.41, 5.74) is 9.03. The lowest BCUT2D eigenvalue weighted by Gasteiger charge is -2.33. The molecule has 1 unspecified atom stereocenters. The molecular weight excluding hydrogens is 957 g/mol. The average Bonchev–Trinajstić information content (AvgIpc) is 3.83. The molecule has 0 aliphatic heterocycles. The van der Waals surface area contributed by atoms with E-state index in [1.165, 1.54) is 93.7 Å². The summed E-state index contributed by atoms with van der Waals surface area (Å²) in [6, 6.07) is 51.2. The van der Waals surface area contributed by atoms with Crippen LogP contribution in [0.1, 0.15) is 153 Å². The maximum atomic E-state index is 13.6. The maximum absolute atomic E-state index is 13.6. The Kier molecular flexibility index (Phi) is 17.9. The number of halogens is 2.